The van der Waals surface area contributed by atoms with Crippen molar-refractivity contribution in [1.82, 2.24) is 0 Å². The van der Waals surface area contributed by atoms with Gasteiger partial charge in [-0.25, -0.2) is 0 Å². The van der Waals surface area contributed by atoms with Gasteiger partial charge >= 0.3 is 0 Å². The second-order valence-corrected chi connectivity index (χ2v) is 5.55. The monoisotopic (exact) mass is 308 g/mol. The van der Waals surface area contributed by atoms with Crippen LogP contribution in [0.5, 0.6) is 0 Å². The van der Waals surface area contributed by atoms with Gasteiger partial charge in [0.25, 0.3) is 0 Å². The van der Waals surface area contributed by atoms with Crippen molar-refractivity contribution in [3.05, 3.63) is 58.8 Å². The fourth-order valence-corrected chi connectivity index (χ4v) is 2.54. The molecule has 0 amide bonds. The molecule has 0 aliphatic heterocycles. The highest BCUT2D eigenvalue weighted by Crippen LogP contribution is 2.25. The van der Waals surface area contributed by atoms with E-state index < -0.39 is 0 Å². The summed E-state index contributed by atoms with van der Waals surface area (Å²) in [5.41, 5.74) is 8.62. The van der Waals surface area contributed by atoms with Gasteiger partial charge in [0.2, 0.25) is 0 Å². The van der Waals surface area contributed by atoms with Crippen LogP contribution in [0.3, 0.4) is 0 Å². The summed E-state index contributed by atoms with van der Waals surface area (Å²) >= 11 is 0. The van der Waals surface area contributed by atoms with Crippen molar-refractivity contribution in [2.24, 2.45) is 0 Å². The SMILES string of the molecule is CCCCNc1ccc(-c2cc(=O)c3c(N)cccc3o2)cc1. The van der Waals surface area contributed by atoms with Crippen LogP contribution in [0, 0.1) is 0 Å². The molecule has 0 radical (unpaired) electrons. The minimum absolute atomic E-state index is 0.121. The number of nitrogens with one attached hydrogen (secondary N) is 1. The zero-order chi connectivity index (χ0) is 16.2. The highest BCUT2D eigenvalue weighted by molar-refractivity contribution is 5.89. The van der Waals surface area contributed by atoms with E-state index in [-0.39, 0.29) is 5.43 Å². The molecule has 1 heterocycles. The summed E-state index contributed by atoms with van der Waals surface area (Å²) in [5.74, 6) is 0.549. The highest BCUT2D eigenvalue weighted by atomic mass is 16.3. The van der Waals surface area contributed by atoms with E-state index in [9.17, 15) is 4.79 Å². The van der Waals surface area contributed by atoms with Crippen LogP contribution in [-0.2, 0) is 0 Å². The zero-order valence-corrected chi connectivity index (χ0v) is 13.1. The average molecular weight is 308 g/mol. The van der Waals surface area contributed by atoms with Crippen molar-refractivity contribution in [3.63, 3.8) is 0 Å². The molecule has 118 valence electrons. The lowest BCUT2D eigenvalue weighted by Gasteiger charge is -2.07. The largest absolute Gasteiger partial charge is 0.456 e. The van der Waals surface area contributed by atoms with E-state index in [2.05, 4.69) is 12.2 Å². The molecule has 1 aromatic heterocycles. The van der Waals surface area contributed by atoms with Gasteiger partial charge in [0.15, 0.2) is 5.43 Å². The minimum atomic E-state index is -0.121. The Morgan fingerprint density at radius 2 is 1.91 bits per heavy atom. The molecule has 0 unspecified atom stereocenters. The molecule has 2 aromatic carbocycles. The van der Waals surface area contributed by atoms with E-state index in [1.807, 2.05) is 24.3 Å². The smallest absolute Gasteiger partial charge is 0.195 e. The molecule has 0 atom stereocenters. The molecule has 0 saturated heterocycles. The molecule has 23 heavy (non-hydrogen) atoms. The van der Waals surface area contributed by atoms with Crippen LogP contribution in [0.4, 0.5) is 11.4 Å². The number of nitrogens with two attached hydrogens (primary N) is 1. The Kier molecular flexibility index (Phi) is 4.33. The van der Waals surface area contributed by atoms with Crippen LogP contribution in [0.25, 0.3) is 22.3 Å². The van der Waals surface area contributed by atoms with Crippen molar-refractivity contribution in [1.29, 1.82) is 0 Å². The first-order valence-corrected chi connectivity index (χ1v) is 7.85. The number of hydrogen-bond acceptors (Lipinski definition) is 4. The fraction of sp³-hybridized carbons (Fsp3) is 0.211. The lowest BCUT2D eigenvalue weighted by molar-refractivity contribution is 0.619. The van der Waals surface area contributed by atoms with Crippen molar-refractivity contribution >= 4 is 22.3 Å². The summed E-state index contributed by atoms with van der Waals surface area (Å²) in [4.78, 5) is 12.3. The van der Waals surface area contributed by atoms with Gasteiger partial charge in [0.1, 0.15) is 11.3 Å². The quantitative estimate of drug-likeness (QED) is 0.546. The molecular weight excluding hydrogens is 288 g/mol. The Morgan fingerprint density at radius 1 is 1.13 bits per heavy atom. The number of fused-ring (bicyclic) bond motifs is 1. The van der Waals surface area contributed by atoms with Crippen LogP contribution in [-0.4, -0.2) is 6.54 Å². The van der Waals surface area contributed by atoms with Gasteiger partial charge in [0.05, 0.1) is 5.39 Å². The lowest BCUT2D eigenvalue weighted by atomic mass is 10.1. The predicted octanol–water partition coefficient (Wildman–Crippen LogP) is 4.25. The molecule has 0 spiro atoms. The van der Waals surface area contributed by atoms with Crippen LogP contribution in [0.1, 0.15) is 19.8 Å². The Bertz CT molecular complexity index is 867. The maximum absolute atomic E-state index is 12.3. The molecule has 3 aromatic rings. The first kappa shape index (κ1) is 15.2. The summed E-state index contributed by atoms with van der Waals surface area (Å²) in [5, 5.41) is 3.80. The third-order valence-corrected chi connectivity index (χ3v) is 3.82. The summed E-state index contributed by atoms with van der Waals surface area (Å²) in [7, 11) is 0. The van der Waals surface area contributed by atoms with Crippen molar-refractivity contribution in [2.45, 2.75) is 19.8 Å². The third-order valence-electron chi connectivity index (χ3n) is 3.82. The molecule has 3 N–H and O–H groups in total. The number of unbranched alkanes of at least 4 members (excludes halogenated alkanes) is 1. The Balaban J connectivity index is 1.93. The van der Waals surface area contributed by atoms with E-state index in [1.54, 1.807) is 18.2 Å². The molecule has 0 saturated carbocycles. The number of rotatable bonds is 5. The van der Waals surface area contributed by atoms with E-state index in [0.29, 0.717) is 22.4 Å². The molecule has 4 nitrogen and oxygen atoms in total. The van der Waals surface area contributed by atoms with Gasteiger partial charge < -0.3 is 15.5 Å². The van der Waals surface area contributed by atoms with Gasteiger partial charge in [-0.2, -0.15) is 0 Å². The third kappa shape index (κ3) is 3.21. The lowest BCUT2D eigenvalue weighted by Crippen LogP contribution is -2.03. The Labute approximate surface area is 134 Å². The summed E-state index contributed by atoms with van der Waals surface area (Å²) in [6, 6.07) is 14.6. The van der Waals surface area contributed by atoms with Crippen LogP contribution in [0.15, 0.2) is 57.7 Å². The minimum Gasteiger partial charge on any atom is -0.456 e. The molecule has 0 aliphatic rings. The Morgan fingerprint density at radius 3 is 2.65 bits per heavy atom. The van der Waals surface area contributed by atoms with E-state index >= 15 is 0 Å². The van der Waals surface area contributed by atoms with Gasteiger partial charge in [-0.1, -0.05) is 19.4 Å². The first-order valence-electron chi connectivity index (χ1n) is 7.85. The Hall–Kier alpha value is -2.75. The van der Waals surface area contributed by atoms with Crippen molar-refractivity contribution < 1.29 is 4.42 Å². The number of nitrogen functional groups attached to an aromatic ring is 1. The average Bonchev–Trinajstić information content (AvgIpc) is 2.55. The standard InChI is InChI=1S/C19H20N2O2/c1-2-3-11-21-14-9-7-13(8-10-14)18-12-16(22)19-15(20)5-4-6-17(19)23-18/h4-10,12,21H,2-3,11,20H2,1H3. The summed E-state index contributed by atoms with van der Waals surface area (Å²) in [6.45, 7) is 3.12. The first-order chi connectivity index (χ1) is 11.2. The molecule has 0 aliphatic carbocycles. The number of hydrogen-bond donors (Lipinski definition) is 2. The second kappa shape index (κ2) is 6.57. The van der Waals surface area contributed by atoms with Gasteiger partial charge in [-0.3, -0.25) is 4.79 Å². The normalized spacial score (nSPS) is 10.8. The van der Waals surface area contributed by atoms with E-state index in [0.717, 1.165) is 30.6 Å². The van der Waals surface area contributed by atoms with E-state index in [1.165, 1.54) is 6.07 Å². The van der Waals surface area contributed by atoms with Crippen molar-refractivity contribution in [2.75, 3.05) is 17.6 Å². The van der Waals surface area contributed by atoms with Gasteiger partial charge in [-0.15, -0.1) is 0 Å². The van der Waals surface area contributed by atoms with Crippen LogP contribution in [0.2, 0.25) is 0 Å². The molecule has 4 heteroatoms. The van der Waals surface area contributed by atoms with Gasteiger partial charge in [-0.05, 0) is 42.8 Å². The molecule has 0 fully saturated rings. The van der Waals surface area contributed by atoms with Gasteiger partial charge in [0, 0.05) is 29.5 Å². The predicted molar refractivity (Wildman–Crippen MR) is 95.7 cm³/mol. The topological polar surface area (TPSA) is 68.3 Å². The van der Waals surface area contributed by atoms with Crippen LogP contribution < -0.4 is 16.5 Å². The van der Waals surface area contributed by atoms with E-state index in [4.69, 9.17) is 10.2 Å². The second-order valence-electron chi connectivity index (χ2n) is 5.55. The molecular formula is C19H20N2O2. The summed E-state index contributed by atoms with van der Waals surface area (Å²) < 4.78 is 5.85. The number of anilines is 2. The highest BCUT2D eigenvalue weighted by Gasteiger charge is 2.09. The maximum Gasteiger partial charge on any atom is 0.195 e. The maximum atomic E-state index is 12.3. The zero-order valence-electron chi connectivity index (χ0n) is 13.1. The summed E-state index contributed by atoms with van der Waals surface area (Å²) in [6.07, 6.45) is 2.30. The van der Waals surface area contributed by atoms with Crippen LogP contribution >= 0.6 is 0 Å². The van der Waals surface area contributed by atoms with Crippen molar-refractivity contribution in [3.8, 4) is 11.3 Å². The number of benzene rings is 2. The fourth-order valence-electron chi connectivity index (χ4n) is 2.54. The molecule has 3 rings (SSSR count). The molecule has 0 bridgehead atoms.